The lowest BCUT2D eigenvalue weighted by molar-refractivity contribution is 0.948. The van der Waals surface area contributed by atoms with E-state index < -0.39 is 0 Å². The summed E-state index contributed by atoms with van der Waals surface area (Å²) in [6, 6.07) is 12.0. The number of aryl methyl sites for hydroxylation is 1. The first kappa shape index (κ1) is 13.9. The highest BCUT2D eigenvalue weighted by molar-refractivity contribution is 5.56. The van der Waals surface area contributed by atoms with Crippen molar-refractivity contribution in [1.82, 2.24) is 20.2 Å². The van der Waals surface area contributed by atoms with Gasteiger partial charge < -0.3 is 10.6 Å². The Morgan fingerprint density at radius 2 is 1.77 bits per heavy atom. The number of nitrogens with one attached hydrogen (secondary N) is 2. The van der Waals surface area contributed by atoms with Gasteiger partial charge in [-0.1, -0.05) is 17.7 Å². The summed E-state index contributed by atoms with van der Waals surface area (Å²) in [5, 5.41) is 14.3. The van der Waals surface area contributed by atoms with Crippen LogP contribution in [0.15, 0.2) is 55.0 Å². The van der Waals surface area contributed by atoms with Gasteiger partial charge in [0.25, 0.3) is 0 Å². The van der Waals surface area contributed by atoms with Crippen molar-refractivity contribution < 1.29 is 0 Å². The van der Waals surface area contributed by atoms with Crippen molar-refractivity contribution in [2.24, 2.45) is 0 Å². The first-order valence-electron chi connectivity index (χ1n) is 6.96. The Labute approximate surface area is 128 Å². The van der Waals surface area contributed by atoms with E-state index in [9.17, 15) is 0 Å². The number of nitrogens with zero attached hydrogens (tertiary/aromatic N) is 4. The van der Waals surface area contributed by atoms with Gasteiger partial charge in [0.1, 0.15) is 0 Å². The fourth-order valence-corrected chi connectivity index (χ4v) is 1.91. The summed E-state index contributed by atoms with van der Waals surface area (Å²) in [5.74, 6) is 1.13. The molecule has 0 unspecified atom stereocenters. The van der Waals surface area contributed by atoms with Gasteiger partial charge in [0.05, 0.1) is 6.20 Å². The maximum absolute atomic E-state index is 4.39. The minimum absolute atomic E-state index is 0.480. The third kappa shape index (κ3) is 3.76. The van der Waals surface area contributed by atoms with Crippen molar-refractivity contribution in [2.75, 3.05) is 10.6 Å². The summed E-state index contributed by atoms with van der Waals surface area (Å²) in [6.07, 6.45) is 5.11. The lowest BCUT2D eigenvalue weighted by atomic mass is 10.2. The Morgan fingerprint density at radius 1 is 1.00 bits per heavy atom. The van der Waals surface area contributed by atoms with Gasteiger partial charge in [-0.25, -0.2) is 0 Å². The Morgan fingerprint density at radius 3 is 2.55 bits per heavy atom. The third-order valence-electron chi connectivity index (χ3n) is 3.08. The van der Waals surface area contributed by atoms with E-state index in [4.69, 9.17) is 0 Å². The van der Waals surface area contributed by atoms with Crippen LogP contribution in [-0.2, 0) is 6.54 Å². The molecule has 110 valence electrons. The van der Waals surface area contributed by atoms with E-state index in [1.54, 1.807) is 18.6 Å². The molecule has 0 saturated heterocycles. The molecule has 2 N–H and O–H groups in total. The minimum atomic E-state index is 0.480. The zero-order chi connectivity index (χ0) is 15.2. The molecule has 2 heterocycles. The van der Waals surface area contributed by atoms with Gasteiger partial charge >= 0.3 is 0 Å². The second kappa shape index (κ2) is 6.62. The van der Waals surface area contributed by atoms with Crippen molar-refractivity contribution in [3.8, 4) is 0 Å². The summed E-state index contributed by atoms with van der Waals surface area (Å²) in [5.41, 5.74) is 3.28. The summed E-state index contributed by atoms with van der Waals surface area (Å²) in [4.78, 5) is 8.38. The van der Waals surface area contributed by atoms with Gasteiger partial charge in [0.2, 0.25) is 5.95 Å². The van der Waals surface area contributed by atoms with Crippen molar-refractivity contribution in [3.63, 3.8) is 0 Å². The summed E-state index contributed by atoms with van der Waals surface area (Å²) < 4.78 is 0. The lowest BCUT2D eigenvalue weighted by Crippen LogP contribution is -2.06. The van der Waals surface area contributed by atoms with Crippen LogP contribution in [0.4, 0.5) is 17.5 Å². The molecule has 0 aliphatic carbocycles. The molecule has 0 radical (unpaired) electrons. The highest BCUT2D eigenvalue weighted by atomic mass is 15.3. The molecule has 0 fully saturated rings. The Hall–Kier alpha value is -3.02. The van der Waals surface area contributed by atoms with Gasteiger partial charge in [-0.2, -0.15) is 10.1 Å². The monoisotopic (exact) mass is 292 g/mol. The van der Waals surface area contributed by atoms with Crippen molar-refractivity contribution in [3.05, 3.63) is 66.1 Å². The molecule has 0 bridgehead atoms. The predicted molar refractivity (Wildman–Crippen MR) is 85.9 cm³/mol. The van der Waals surface area contributed by atoms with Crippen LogP contribution in [0, 0.1) is 6.92 Å². The predicted octanol–water partition coefficient (Wildman–Crippen LogP) is 2.93. The van der Waals surface area contributed by atoms with E-state index in [1.165, 1.54) is 5.56 Å². The molecule has 22 heavy (non-hydrogen) atoms. The molecule has 2 aromatic heterocycles. The average Bonchev–Trinajstić information content (AvgIpc) is 2.57. The number of pyridine rings is 1. The SMILES string of the molecule is Cc1ccc(Nc2cnnc(NCc3ccncc3)n2)cc1. The van der Waals surface area contributed by atoms with Gasteiger partial charge in [0, 0.05) is 24.6 Å². The van der Waals surface area contributed by atoms with Crippen LogP contribution in [0.5, 0.6) is 0 Å². The Bertz CT molecular complexity index is 727. The van der Waals surface area contributed by atoms with E-state index in [0.29, 0.717) is 18.3 Å². The number of hydrogen-bond donors (Lipinski definition) is 2. The lowest BCUT2D eigenvalue weighted by Gasteiger charge is -2.08. The first-order chi connectivity index (χ1) is 10.8. The molecule has 3 rings (SSSR count). The fourth-order valence-electron chi connectivity index (χ4n) is 1.91. The number of aromatic nitrogens is 4. The minimum Gasteiger partial charge on any atom is -0.349 e. The third-order valence-corrected chi connectivity index (χ3v) is 3.08. The number of benzene rings is 1. The summed E-state index contributed by atoms with van der Waals surface area (Å²) in [7, 11) is 0. The topological polar surface area (TPSA) is 75.6 Å². The van der Waals surface area contributed by atoms with Crippen LogP contribution in [0.2, 0.25) is 0 Å². The van der Waals surface area contributed by atoms with Crippen LogP contribution >= 0.6 is 0 Å². The molecular formula is C16H16N6. The van der Waals surface area contributed by atoms with E-state index in [2.05, 4.69) is 37.7 Å². The van der Waals surface area contributed by atoms with Gasteiger partial charge in [-0.15, -0.1) is 5.10 Å². The zero-order valence-corrected chi connectivity index (χ0v) is 12.2. The van der Waals surface area contributed by atoms with Gasteiger partial charge in [0.15, 0.2) is 5.82 Å². The van der Waals surface area contributed by atoms with Crippen LogP contribution < -0.4 is 10.6 Å². The number of hydrogen-bond acceptors (Lipinski definition) is 6. The smallest absolute Gasteiger partial charge is 0.244 e. The van der Waals surface area contributed by atoms with E-state index >= 15 is 0 Å². The average molecular weight is 292 g/mol. The molecule has 0 saturated carbocycles. The maximum Gasteiger partial charge on any atom is 0.244 e. The van der Waals surface area contributed by atoms with E-state index in [0.717, 1.165) is 11.3 Å². The van der Waals surface area contributed by atoms with Crippen molar-refractivity contribution in [1.29, 1.82) is 0 Å². The summed E-state index contributed by atoms with van der Waals surface area (Å²) in [6.45, 7) is 2.68. The normalized spacial score (nSPS) is 10.2. The highest BCUT2D eigenvalue weighted by Gasteiger charge is 2.01. The molecule has 0 spiro atoms. The molecule has 0 aliphatic rings. The molecular weight excluding hydrogens is 276 g/mol. The van der Waals surface area contributed by atoms with E-state index in [-0.39, 0.29) is 0 Å². The first-order valence-corrected chi connectivity index (χ1v) is 6.96. The van der Waals surface area contributed by atoms with Crippen LogP contribution in [0.25, 0.3) is 0 Å². The quantitative estimate of drug-likeness (QED) is 0.753. The highest BCUT2D eigenvalue weighted by Crippen LogP contribution is 2.15. The Balaban J connectivity index is 1.66. The molecule has 1 aromatic carbocycles. The summed E-state index contributed by atoms with van der Waals surface area (Å²) >= 11 is 0. The zero-order valence-electron chi connectivity index (χ0n) is 12.2. The van der Waals surface area contributed by atoms with Crippen LogP contribution in [0.1, 0.15) is 11.1 Å². The molecule has 6 heteroatoms. The number of rotatable bonds is 5. The fraction of sp³-hybridized carbons (Fsp3) is 0.125. The van der Waals surface area contributed by atoms with Crippen molar-refractivity contribution >= 4 is 17.5 Å². The standard InChI is InChI=1S/C16H16N6/c1-12-2-4-14(5-3-12)20-15-11-19-22-16(21-15)18-10-13-6-8-17-9-7-13/h2-9,11H,10H2,1H3,(H2,18,20,21,22). The molecule has 3 aromatic rings. The Kier molecular flexibility index (Phi) is 4.20. The molecule has 0 atom stereocenters. The number of anilines is 3. The van der Waals surface area contributed by atoms with Crippen molar-refractivity contribution in [2.45, 2.75) is 13.5 Å². The second-order valence-electron chi connectivity index (χ2n) is 4.87. The van der Waals surface area contributed by atoms with Gasteiger partial charge in [-0.05, 0) is 36.8 Å². The van der Waals surface area contributed by atoms with Gasteiger partial charge in [-0.3, -0.25) is 4.98 Å². The van der Waals surface area contributed by atoms with E-state index in [1.807, 2.05) is 36.4 Å². The van der Waals surface area contributed by atoms with Crippen LogP contribution in [-0.4, -0.2) is 20.2 Å². The van der Waals surface area contributed by atoms with Crippen LogP contribution in [0.3, 0.4) is 0 Å². The molecule has 0 amide bonds. The second-order valence-corrected chi connectivity index (χ2v) is 4.87. The molecule has 0 aliphatic heterocycles. The molecule has 6 nitrogen and oxygen atoms in total. The maximum atomic E-state index is 4.39. The largest absolute Gasteiger partial charge is 0.349 e.